The summed E-state index contributed by atoms with van der Waals surface area (Å²) < 4.78 is 0. The van der Waals surface area contributed by atoms with Crippen LogP contribution < -0.4 is 5.32 Å². The summed E-state index contributed by atoms with van der Waals surface area (Å²) in [7, 11) is 0. The van der Waals surface area contributed by atoms with Crippen molar-refractivity contribution in [2.75, 3.05) is 6.54 Å². The summed E-state index contributed by atoms with van der Waals surface area (Å²) in [6.45, 7) is 1.07. The molecule has 1 aliphatic rings. The molecule has 1 aromatic carbocycles. The number of benzene rings is 1. The van der Waals surface area contributed by atoms with Gasteiger partial charge in [0.2, 0.25) is 0 Å². The second-order valence-corrected chi connectivity index (χ2v) is 5.63. The van der Waals surface area contributed by atoms with Crippen LogP contribution in [0.3, 0.4) is 0 Å². The minimum Gasteiger partial charge on any atom is -0.309 e. The Morgan fingerprint density at radius 3 is 2.50 bits per heavy atom. The maximum atomic E-state index is 6.04. The average Bonchev–Trinajstić information content (AvgIpc) is 2.92. The normalized spacial score (nSPS) is 17.8. The molecule has 2 nitrogen and oxygen atoms in total. The van der Waals surface area contributed by atoms with Crippen molar-refractivity contribution in [1.29, 1.82) is 0 Å². The van der Waals surface area contributed by atoms with Gasteiger partial charge in [-0.2, -0.15) is 0 Å². The molecule has 2 aromatic rings. The monoisotopic (exact) mass is 328 g/mol. The third kappa shape index (κ3) is 3.44. The molecule has 1 saturated heterocycles. The zero-order valence-electron chi connectivity index (χ0n) is 10.8. The number of rotatable bonds is 2. The lowest BCUT2D eigenvalue weighted by atomic mass is 10.1. The van der Waals surface area contributed by atoms with Crippen LogP contribution in [0.15, 0.2) is 36.4 Å². The van der Waals surface area contributed by atoms with Crippen LogP contribution in [0, 0.1) is 0 Å². The standard InChI is InChI=1S/C15H14Cl2N2.ClH/c16-11-7-10(8-12(17)9-11)13-3-1-4-15(19-13)14-5-2-6-18-14;/h1,3-4,7-9,14,18H,2,5-6H2;1H. The van der Waals surface area contributed by atoms with Gasteiger partial charge >= 0.3 is 0 Å². The highest BCUT2D eigenvalue weighted by Crippen LogP contribution is 2.28. The molecular weight excluding hydrogens is 315 g/mol. The number of hydrogen-bond acceptors (Lipinski definition) is 2. The van der Waals surface area contributed by atoms with Crippen LogP contribution in [0.5, 0.6) is 0 Å². The molecule has 5 heteroatoms. The molecule has 0 bridgehead atoms. The zero-order chi connectivity index (χ0) is 13.2. The predicted molar refractivity (Wildman–Crippen MR) is 86.9 cm³/mol. The quantitative estimate of drug-likeness (QED) is 0.847. The number of nitrogens with one attached hydrogen (secondary N) is 1. The zero-order valence-corrected chi connectivity index (χ0v) is 13.1. The molecule has 0 amide bonds. The van der Waals surface area contributed by atoms with Gasteiger partial charge in [-0.15, -0.1) is 12.4 Å². The van der Waals surface area contributed by atoms with E-state index in [0.29, 0.717) is 16.1 Å². The van der Waals surface area contributed by atoms with Gasteiger partial charge in [-0.1, -0.05) is 29.3 Å². The van der Waals surface area contributed by atoms with E-state index in [9.17, 15) is 0 Å². The lowest BCUT2D eigenvalue weighted by molar-refractivity contribution is 0.628. The van der Waals surface area contributed by atoms with Crippen LogP contribution in [0.25, 0.3) is 11.3 Å². The van der Waals surface area contributed by atoms with Gasteiger partial charge in [-0.05, 0) is 49.7 Å². The van der Waals surface area contributed by atoms with Crippen LogP contribution in [0.1, 0.15) is 24.6 Å². The van der Waals surface area contributed by atoms with Gasteiger partial charge in [0.15, 0.2) is 0 Å². The molecule has 2 heterocycles. The van der Waals surface area contributed by atoms with E-state index in [4.69, 9.17) is 28.2 Å². The highest BCUT2D eigenvalue weighted by atomic mass is 35.5. The van der Waals surface area contributed by atoms with Crippen LogP contribution in [0.4, 0.5) is 0 Å². The molecule has 0 aliphatic carbocycles. The molecule has 106 valence electrons. The van der Waals surface area contributed by atoms with E-state index in [-0.39, 0.29) is 12.4 Å². The van der Waals surface area contributed by atoms with E-state index in [2.05, 4.69) is 11.4 Å². The van der Waals surface area contributed by atoms with Gasteiger partial charge in [0, 0.05) is 21.7 Å². The second-order valence-electron chi connectivity index (χ2n) is 4.75. The maximum absolute atomic E-state index is 6.04. The molecule has 0 saturated carbocycles. The van der Waals surface area contributed by atoms with Crippen LogP contribution in [0.2, 0.25) is 10.0 Å². The maximum Gasteiger partial charge on any atom is 0.0707 e. The van der Waals surface area contributed by atoms with Crippen molar-refractivity contribution in [2.24, 2.45) is 0 Å². The van der Waals surface area contributed by atoms with E-state index >= 15 is 0 Å². The highest BCUT2D eigenvalue weighted by molar-refractivity contribution is 6.35. The lowest BCUT2D eigenvalue weighted by Crippen LogP contribution is -2.14. The Kier molecular flexibility index (Phi) is 5.28. The summed E-state index contributed by atoms with van der Waals surface area (Å²) in [6, 6.07) is 12.0. The number of halogens is 3. The van der Waals surface area contributed by atoms with Gasteiger partial charge in [-0.25, -0.2) is 0 Å². The van der Waals surface area contributed by atoms with Gasteiger partial charge in [-0.3, -0.25) is 4.98 Å². The van der Waals surface area contributed by atoms with Gasteiger partial charge < -0.3 is 5.32 Å². The first-order valence-electron chi connectivity index (χ1n) is 6.39. The van der Waals surface area contributed by atoms with Gasteiger partial charge in [0.05, 0.1) is 11.4 Å². The first-order valence-corrected chi connectivity index (χ1v) is 7.15. The van der Waals surface area contributed by atoms with E-state index in [1.807, 2.05) is 24.3 Å². The molecule has 3 rings (SSSR count). The van der Waals surface area contributed by atoms with Crippen molar-refractivity contribution in [2.45, 2.75) is 18.9 Å². The molecule has 1 aromatic heterocycles. The summed E-state index contributed by atoms with van der Waals surface area (Å²) in [6.07, 6.45) is 2.35. The Morgan fingerprint density at radius 1 is 1.10 bits per heavy atom. The minimum atomic E-state index is 0. The highest BCUT2D eigenvalue weighted by Gasteiger charge is 2.17. The van der Waals surface area contributed by atoms with Gasteiger partial charge in [0.25, 0.3) is 0 Å². The molecule has 1 unspecified atom stereocenters. The summed E-state index contributed by atoms with van der Waals surface area (Å²) in [5.41, 5.74) is 2.96. The van der Waals surface area contributed by atoms with Crippen LogP contribution in [-0.4, -0.2) is 11.5 Å². The Morgan fingerprint density at radius 2 is 1.85 bits per heavy atom. The van der Waals surface area contributed by atoms with Crippen LogP contribution >= 0.6 is 35.6 Å². The topological polar surface area (TPSA) is 24.9 Å². The Labute approximate surface area is 134 Å². The van der Waals surface area contributed by atoms with Crippen molar-refractivity contribution in [3.05, 3.63) is 52.1 Å². The molecule has 20 heavy (non-hydrogen) atoms. The molecule has 1 fully saturated rings. The minimum absolute atomic E-state index is 0. The van der Waals surface area contributed by atoms with Crippen molar-refractivity contribution in [3.63, 3.8) is 0 Å². The fraction of sp³-hybridized carbons (Fsp3) is 0.267. The van der Waals surface area contributed by atoms with E-state index in [1.165, 1.54) is 6.42 Å². The van der Waals surface area contributed by atoms with Crippen molar-refractivity contribution in [1.82, 2.24) is 10.3 Å². The Bertz CT molecular complexity index is 575. The number of aromatic nitrogens is 1. The van der Waals surface area contributed by atoms with Crippen molar-refractivity contribution >= 4 is 35.6 Å². The number of hydrogen-bond donors (Lipinski definition) is 1. The van der Waals surface area contributed by atoms with E-state index < -0.39 is 0 Å². The first kappa shape index (κ1) is 15.6. The van der Waals surface area contributed by atoms with E-state index in [0.717, 1.165) is 29.9 Å². The van der Waals surface area contributed by atoms with E-state index in [1.54, 1.807) is 6.07 Å². The summed E-state index contributed by atoms with van der Waals surface area (Å²) >= 11 is 12.1. The molecular formula is C15H15Cl3N2. The average molecular weight is 330 g/mol. The molecule has 1 atom stereocenters. The molecule has 1 N–H and O–H groups in total. The van der Waals surface area contributed by atoms with Crippen molar-refractivity contribution in [3.8, 4) is 11.3 Å². The fourth-order valence-corrected chi connectivity index (χ4v) is 2.97. The lowest BCUT2D eigenvalue weighted by Gasteiger charge is -2.11. The Hall–Kier alpha value is -0.800. The largest absolute Gasteiger partial charge is 0.309 e. The predicted octanol–water partition coefficient (Wildman–Crippen LogP) is 4.90. The number of nitrogens with zero attached hydrogens (tertiary/aromatic N) is 1. The molecule has 1 aliphatic heterocycles. The summed E-state index contributed by atoms with van der Waals surface area (Å²) in [5.74, 6) is 0. The molecule has 0 radical (unpaired) electrons. The first-order chi connectivity index (χ1) is 9.22. The van der Waals surface area contributed by atoms with Crippen LogP contribution in [-0.2, 0) is 0 Å². The summed E-state index contributed by atoms with van der Waals surface area (Å²) in [5, 5.41) is 4.73. The van der Waals surface area contributed by atoms with Gasteiger partial charge in [0.1, 0.15) is 0 Å². The smallest absolute Gasteiger partial charge is 0.0707 e. The molecule has 0 spiro atoms. The third-order valence-electron chi connectivity index (χ3n) is 3.35. The SMILES string of the molecule is Cl.Clc1cc(Cl)cc(-c2cccc(C3CCCN3)n2)c1. The fourth-order valence-electron chi connectivity index (χ4n) is 2.45. The second kappa shape index (κ2) is 6.77. The number of pyridine rings is 1. The van der Waals surface area contributed by atoms with Crippen molar-refractivity contribution < 1.29 is 0 Å². The third-order valence-corrected chi connectivity index (χ3v) is 3.78. The Balaban J connectivity index is 0.00000147. The summed E-state index contributed by atoms with van der Waals surface area (Å²) in [4.78, 5) is 4.73.